The van der Waals surface area contributed by atoms with Crippen molar-refractivity contribution in [3.8, 4) is 11.5 Å². The minimum Gasteiger partial charge on any atom is -0.454 e. The van der Waals surface area contributed by atoms with Crippen LogP contribution in [0.25, 0.3) is 10.9 Å². The van der Waals surface area contributed by atoms with E-state index in [0.29, 0.717) is 11.5 Å². The van der Waals surface area contributed by atoms with Crippen LogP contribution in [-0.2, 0) is 17.8 Å². The number of hydrogen-bond donors (Lipinski definition) is 1. The molecule has 1 aliphatic heterocycles. The Kier molecular flexibility index (Phi) is 4.85. The van der Waals surface area contributed by atoms with Crippen LogP contribution in [0.15, 0.2) is 60.2 Å². The summed E-state index contributed by atoms with van der Waals surface area (Å²) in [5.41, 5.74) is 6.64. The van der Waals surface area contributed by atoms with Crippen molar-refractivity contribution in [3.63, 3.8) is 0 Å². The Hall–Kier alpha value is -3.54. The zero-order chi connectivity index (χ0) is 19.5. The number of carbonyl (C=O) groups excluding carboxylic acids is 1. The van der Waals surface area contributed by atoms with E-state index < -0.39 is 0 Å². The number of amides is 1. The summed E-state index contributed by atoms with van der Waals surface area (Å²) in [6.45, 7) is 6.81. The number of ether oxygens (including phenoxy) is 2. The highest BCUT2D eigenvalue weighted by Crippen LogP contribution is 2.32. The van der Waals surface area contributed by atoms with Gasteiger partial charge in [0.1, 0.15) is 0 Å². The lowest BCUT2D eigenvalue weighted by Gasteiger charge is -2.04. The van der Waals surface area contributed by atoms with Crippen molar-refractivity contribution in [1.29, 1.82) is 0 Å². The van der Waals surface area contributed by atoms with Crippen molar-refractivity contribution in [2.24, 2.45) is 5.10 Å². The van der Waals surface area contributed by atoms with Gasteiger partial charge in [-0.05, 0) is 30.7 Å². The SMILES string of the molecule is C=CCn1c(C)c(/C=N\NC(=O)Cc2ccc3c(c2)OCO3)c2ccccc21. The molecule has 0 saturated heterocycles. The normalized spacial score (nSPS) is 12.6. The highest BCUT2D eigenvalue weighted by Gasteiger charge is 2.15. The van der Waals surface area contributed by atoms with E-state index in [9.17, 15) is 4.79 Å². The van der Waals surface area contributed by atoms with Gasteiger partial charge in [0.25, 0.3) is 0 Å². The van der Waals surface area contributed by atoms with Crippen molar-refractivity contribution in [2.75, 3.05) is 6.79 Å². The van der Waals surface area contributed by atoms with Gasteiger partial charge in [0.2, 0.25) is 12.7 Å². The van der Waals surface area contributed by atoms with E-state index in [2.05, 4.69) is 33.8 Å². The lowest BCUT2D eigenvalue weighted by atomic mass is 10.1. The number of hydrazone groups is 1. The van der Waals surface area contributed by atoms with Crippen molar-refractivity contribution in [2.45, 2.75) is 19.9 Å². The minimum atomic E-state index is -0.192. The molecule has 1 aliphatic rings. The number of benzene rings is 2. The molecule has 1 amide bonds. The standard InChI is InChI=1S/C22H21N3O3/c1-3-10-25-15(2)18(17-6-4-5-7-19(17)25)13-23-24-22(26)12-16-8-9-20-21(11-16)28-14-27-20/h3-9,11,13H,1,10,12,14H2,2H3,(H,24,26)/b23-13-. The lowest BCUT2D eigenvalue weighted by Crippen LogP contribution is -2.19. The number of hydrogen-bond acceptors (Lipinski definition) is 4. The van der Waals surface area contributed by atoms with Gasteiger partial charge in [-0.3, -0.25) is 4.79 Å². The number of nitrogens with one attached hydrogen (secondary N) is 1. The van der Waals surface area contributed by atoms with Crippen LogP contribution in [0.3, 0.4) is 0 Å². The third kappa shape index (κ3) is 3.36. The molecule has 28 heavy (non-hydrogen) atoms. The molecule has 1 aromatic heterocycles. The fraction of sp³-hybridized carbons (Fsp3) is 0.182. The lowest BCUT2D eigenvalue weighted by molar-refractivity contribution is -0.120. The van der Waals surface area contributed by atoms with Crippen molar-refractivity contribution in [1.82, 2.24) is 9.99 Å². The van der Waals surface area contributed by atoms with Crippen LogP contribution in [0.2, 0.25) is 0 Å². The zero-order valence-corrected chi connectivity index (χ0v) is 15.6. The van der Waals surface area contributed by atoms with E-state index in [4.69, 9.17) is 9.47 Å². The summed E-state index contributed by atoms with van der Waals surface area (Å²) in [7, 11) is 0. The monoisotopic (exact) mass is 375 g/mol. The number of fused-ring (bicyclic) bond motifs is 2. The summed E-state index contributed by atoms with van der Waals surface area (Å²) in [6, 6.07) is 13.6. The second-order valence-electron chi connectivity index (χ2n) is 6.57. The Balaban J connectivity index is 1.48. The fourth-order valence-corrected chi connectivity index (χ4v) is 3.43. The number of nitrogens with zero attached hydrogens (tertiary/aromatic N) is 2. The van der Waals surface area contributed by atoms with Crippen molar-refractivity contribution in [3.05, 3.63) is 71.9 Å². The molecule has 0 bridgehead atoms. The van der Waals surface area contributed by atoms with Crippen LogP contribution < -0.4 is 14.9 Å². The van der Waals surface area contributed by atoms with Gasteiger partial charge >= 0.3 is 0 Å². The molecule has 0 atom stereocenters. The number of carbonyl (C=O) groups is 1. The molecule has 2 heterocycles. The Bertz CT molecular complexity index is 1080. The smallest absolute Gasteiger partial charge is 0.244 e. The molecule has 0 fully saturated rings. The molecule has 0 spiro atoms. The van der Waals surface area contributed by atoms with Crippen molar-refractivity contribution < 1.29 is 14.3 Å². The first kappa shape index (κ1) is 17.9. The highest BCUT2D eigenvalue weighted by atomic mass is 16.7. The number of aromatic nitrogens is 1. The van der Waals surface area contributed by atoms with E-state index in [-0.39, 0.29) is 19.1 Å². The first-order valence-electron chi connectivity index (χ1n) is 9.06. The van der Waals surface area contributed by atoms with Crippen LogP contribution in [0.5, 0.6) is 11.5 Å². The maximum Gasteiger partial charge on any atom is 0.244 e. The quantitative estimate of drug-likeness (QED) is 0.407. The summed E-state index contributed by atoms with van der Waals surface area (Å²) >= 11 is 0. The average molecular weight is 375 g/mol. The first-order chi connectivity index (χ1) is 13.7. The minimum absolute atomic E-state index is 0.192. The molecular formula is C22H21N3O3. The zero-order valence-electron chi connectivity index (χ0n) is 15.6. The number of allylic oxidation sites excluding steroid dienone is 1. The molecule has 0 radical (unpaired) electrons. The van der Waals surface area contributed by atoms with E-state index in [1.165, 1.54) is 0 Å². The summed E-state index contributed by atoms with van der Waals surface area (Å²) < 4.78 is 12.8. The second-order valence-corrected chi connectivity index (χ2v) is 6.57. The highest BCUT2D eigenvalue weighted by molar-refractivity contribution is 6.01. The maximum atomic E-state index is 12.2. The van der Waals surface area contributed by atoms with Crippen LogP contribution in [-0.4, -0.2) is 23.5 Å². The van der Waals surface area contributed by atoms with E-state index in [1.807, 2.05) is 43.3 Å². The van der Waals surface area contributed by atoms with Gasteiger partial charge in [-0.15, -0.1) is 6.58 Å². The molecule has 2 aromatic carbocycles. The summed E-state index contributed by atoms with van der Waals surface area (Å²) in [4.78, 5) is 12.2. The fourth-order valence-electron chi connectivity index (χ4n) is 3.43. The van der Waals surface area contributed by atoms with Gasteiger partial charge in [0, 0.05) is 28.7 Å². The predicted molar refractivity (Wildman–Crippen MR) is 109 cm³/mol. The Morgan fingerprint density at radius 2 is 2.07 bits per heavy atom. The summed E-state index contributed by atoms with van der Waals surface area (Å²) in [5, 5.41) is 5.27. The predicted octanol–water partition coefficient (Wildman–Crippen LogP) is 3.56. The van der Waals surface area contributed by atoms with E-state index >= 15 is 0 Å². The molecule has 142 valence electrons. The molecule has 0 aliphatic carbocycles. The van der Waals surface area contributed by atoms with Gasteiger partial charge < -0.3 is 14.0 Å². The molecule has 0 saturated carbocycles. The van der Waals surface area contributed by atoms with Gasteiger partial charge in [0.15, 0.2) is 11.5 Å². The topological polar surface area (TPSA) is 64.9 Å². The van der Waals surface area contributed by atoms with Crippen LogP contribution in [0.1, 0.15) is 16.8 Å². The molecule has 1 N–H and O–H groups in total. The summed E-state index contributed by atoms with van der Waals surface area (Å²) in [5.74, 6) is 1.18. The molecule has 0 unspecified atom stereocenters. The molecule has 6 nitrogen and oxygen atoms in total. The molecule has 3 aromatic rings. The average Bonchev–Trinajstić information content (AvgIpc) is 3.26. The summed E-state index contributed by atoms with van der Waals surface area (Å²) in [6.07, 6.45) is 3.79. The maximum absolute atomic E-state index is 12.2. The van der Waals surface area contributed by atoms with Gasteiger partial charge in [-0.1, -0.05) is 30.3 Å². The van der Waals surface area contributed by atoms with Gasteiger partial charge in [0.05, 0.1) is 12.6 Å². The van der Waals surface area contributed by atoms with Crippen LogP contribution in [0.4, 0.5) is 0 Å². The van der Waals surface area contributed by atoms with Gasteiger partial charge in [-0.25, -0.2) is 5.43 Å². The third-order valence-electron chi connectivity index (χ3n) is 4.78. The Labute approximate surface area is 163 Å². The number of rotatable bonds is 6. The largest absolute Gasteiger partial charge is 0.454 e. The molecule has 6 heteroatoms. The Morgan fingerprint density at radius 1 is 1.25 bits per heavy atom. The van der Waals surface area contributed by atoms with Gasteiger partial charge in [-0.2, -0.15) is 5.10 Å². The van der Waals surface area contributed by atoms with E-state index in [1.54, 1.807) is 6.21 Å². The number of para-hydroxylation sites is 1. The van der Waals surface area contributed by atoms with Crippen LogP contribution >= 0.6 is 0 Å². The molecule has 4 rings (SSSR count). The first-order valence-corrected chi connectivity index (χ1v) is 9.06. The Morgan fingerprint density at radius 3 is 2.93 bits per heavy atom. The second kappa shape index (κ2) is 7.60. The van der Waals surface area contributed by atoms with Crippen molar-refractivity contribution >= 4 is 23.0 Å². The molecular weight excluding hydrogens is 354 g/mol. The van der Waals surface area contributed by atoms with E-state index in [0.717, 1.165) is 34.3 Å². The third-order valence-corrected chi connectivity index (χ3v) is 4.78. The van der Waals surface area contributed by atoms with Crippen LogP contribution in [0, 0.1) is 6.92 Å².